The van der Waals surface area contributed by atoms with Crippen molar-refractivity contribution in [2.75, 3.05) is 6.79 Å². The van der Waals surface area contributed by atoms with E-state index < -0.39 is 11.6 Å². The second-order valence-corrected chi connectivity index (χ2v) is 7.05. The van der Waals surface area contributed by atoms with Gasteiger partial charge in [-0.25, -0.2) is 4.79 Å². The summed E-state index contributed by atoms with van der Waals surface area (Å²) in [6.45, 7) is 2.48. The van der Waals surface area contributed by atoms with Gasteiger partial charge < -0.3 is 14.8 Å². The van der Waals surface area contributed by atoms with Crippen LogP contribution in [0.3, 0.4) is 0 Å². The maximum absolute atomic E-state index is 13.3. The van der Waals surface area contributed by atoms with Crippen molar-refractivity contribution in [2.24, 2.45) is 0 Å². The van der Waals surface area contributed by atoms with Gasteiger partial charge >= 0.3 is 6.03 Å². The lowest BCUT2D eigenvalue weighted by Crippen LogP contribution is -2.43. The molecular weight excluding hydrogens is 368 g/mol. The number of carbonyl (C=O) groups excluding carboxylic acids is 2. The summed E-state index contributed by atoms with van der Waals surface area (Å²) in [6.07, 6.45) is 0.454. The average Bonchev–Trinajstić information content (AvgIpc) is 2.93. The highest BCUT2D eigenvalue weighted by Crippen LogP contribution is 2.36. The number of rotatable bonds is 4. The molecule has 27 heavy (non-hydrogen) atoms. The van der Waals surface area contributed by atoms with Crippen molar-refractivity contribution in [3.63, 3.8) is 0 Å². The van der Waals surface area contributed by atoms with E-state index in [2.05, 4.69) is 5.32 Å². The molecule has 140 valence electrons. The molecule has 0 unspecified atom stereocenters. The molecule has 0 aromatic heterocycles. The second kappa shape index (κ2) is 6.87. The molecule has 0 spiro atoms. The van der Waals surface area contributed by atoms with Crippen LogP contribution in [0.5, 0.6) is 5.75 Å². The molecule has 2 heterocycles. The molecule has 1 saturated heterocycles. The van der Waals surface area contributed by atoms with Gasteiger partial charge in [-0.2, -0.15) is 0 Å². The highest BCUT2D eigenvalue weighted by Gasteiger charge is 2.51. The fourth-order valence-corrected chi connectivity index (χ4v) is 3.94. The molecule has 2 aliphatic rings. The summed E-state index contributed by atoms with van der Waals surface area (Å²) < 4.78 is 10.9. The maximum atomic E-state index is 13.3. The smallest absolute Gasteiger partial charge is 0.325 e. The number of hydrogen-bond donors (Lipinski definition) is 1. The number of amides is 3. The largest absolute Gasteiger partial charge is 0.467 e. The third-order valence-corrected chi connectivity index (χ3v) is 5.27. The molecule has 3 amide bonds. The molecule has 0 radical (unpaired) electrons. The number of nitrogens with zero attached hydrogens (tertiary/aromatic N) is 1. The summed E-state index contributed by atoms with van der Waals surface area (Å²) in [7, 11) is 0. The highest BCUT2D eigenvalue weighted by atomic mass is 35.5. The van der Waals surface area contributed by atoms with E-state index in [9.17, 15) is 9.59 Å². The summed E-state index contributed by atoms with van der Waals surface area (Å²) in [5.74, 6) is 0.349. The SMILES string of the molecule is CC[C@]1(c2ccccc2)NC(=O)N(Cc2cc(Cl)cc3c2OCOC3)C1=O. The number of hydrogen-bond acceptors (Lipinski definition) is 4. The minimum Gasteiger partial charge on any atom is -0.467 e. The van der Waals surface area contributed by atoms with Crippen LogP contribution in [0.4, 0.5) is 4.79 Å². The first-order valence-electron chi connectivity index (χ1n) is 8.76. The van der Waals surface area contributed by atoms with Crippen molar-refractivity contribution < 1.29 is 19.1 Å². The maximum Gasteiger partial charge on any atom is 0.325 e. The summed E-state index contributed by atoms with van der Waals surface area (Å²) in [5.41, 5.74) is 1.21. The van der Waals surface area contributed by atoms with Crippen LogP contribution in [0.2, 0.25) is 5.02 Å². The standard InChI is InChI=1S/C20H19ClN2O4/c1-2-20(15-6-4-3-5-7-15)18(24)23(19(25)22-20)10-13-8-16(21)9-14-11-26-12-27-17(13)14/h3-9H,2,10-12H2,1H3,(H,22,25)/t20-/m1/s1. The molecule has 0 bridgehead atoms. The molecule has 1 N–H and O–H groups in total. The van der Waals surface area contributed by atoms with Gasteiger partial charge in [0.15, 0.2) is 6.79 Å². The summed E-state index contributed by atoms with van der Waals surface area (Å²) in [5, 5.41) is 3.40. The van der Waals surface area contributed by atoms with E-state index in [-0.39, 0.29) is 19.2 Å². The Morgan fingerprint density at radius 2 is 2.00 bits per heavy atom. The summed E-state index contributed by atoms with van der Waals surface area (Å²) in [4.78, 5) is 27.2. The first-order valence-corrected chi connectivity index (χ1v) is 9.14. The van der Waals surface area contributed by atoms with Crippen molar-refractivity contribution >= 4 is 23.5 Å². The topological polar surface area (TPSA) is 67.9 Å². The number of urea groups is 1. The number of imide groups is 1. The summed E-state index contributed by atoms with van der Waals surface area (Å²) >= 11 is 6.20. The Balaban J connectivity index is 1.69. The van der Waals surface area contributed by atoms with E-state index >= 15 is 0 Å². The Morgan fingerprint density at radius 3 is 2.74 bits per heavy atom. The van der Waals surface area contributed by atoms with Gasteiger partial charge in [0.2, 0.25) is 0 Å². The zero-order valence-corrected chi connectivity index (χ0v) is 15.6. The molecular formula is C20H19ClN2O4. The van der Waals surface area contributed by atoms with Gasteiger partial charge in [0.1, 0.15) is 11.3 Å². The lowest BCUT2D eigenvalue weighted by Gasteiger charge is -2.26. The minimum absolute atomic E-state index is 0.0855. The van der Waals surface area contributed by atoms with Crippen LogP contribution >= 0.6 is 11.6 Å². The Bertz CT molecular complexity index is 902. The van der Waals surface area contributed by atoms with Gasteiger partial charge in [-0.15, -0.1) is 0 Å². The Hall–Kier alpha value is -2.57. The molecule has 6 nitrogen and oxygen atoms in total. The molecule has 0 aliphatic carbocycles. The minimum atomic E-state index is -1.05. The number of carbonyl (C=O) groups is 2. The van der Waals surface area contributed by atoms with Crippen molar-refractivity contribution in [2.45, 2.75) is 32.0 Å². The third-order valence-electron chi connectivity index (χ3n) is 5.05. The van der Waals surface area contributed by atoms with Gasteiger partial charge in [-0.1, -0.05) is 48.9 Å². The van der Waals surface area contributed by atoms with E-state index in [1.54, 1.807) is 12.1 Å². The Kier molecular flexibility index (Phi) is 4.53. The second-order valence-electron chi connectivity index (χ2n) is 6.61. The van der Waals surface area contributed by atoms with Crippen LogP contribution in [0, 0.1) is 0 Å². The first-order chi connectivity index (χ1) is 13.0. The van der Waals surface area contributed by atoms with Gasteiger partial charge in [-0.3, -0.25) is 9.69 Å². The first kappa shape index (κ1) is 17.8. The molecule has 2 aromatic rings. The van der Waals surface area contributed by atoms with Crippen molar-refractivity contribution in [3.8, 4) is 5.75 Å². The van der Waals surface area contributed by atoms with E-state index in [1.807, 2.05) is 37.3 Å². The van der Waals surface area contributed by atoms with Crippen LogP contribution in [0.1, 0.15) is 30.0 Å². The molecule has 7 heteroatoms. The third kappa shape index (κ3) is 2.95. The normalized spacial score (nSPS) is 21.6. The number of ether oxygens (including phenoxy) is 2. The predicted molar refractivity (Wildman–Crippen MR) is 99.2 cm³/mol. The highest BCUT2D eigenvalue weighted by molar-refractivity contribution is 6.30. The zero-order chi connectivity index (χ0) is 19.0. The molecule has 2 aromatic carbocycles. The van der Waals surface area contributed by atoms with Gasteiger partial charge in [0, 0.05) is 16.1 Å². The van der Waals surface area contributed by atoms with Gasteiger partial charge in [0.05, 0.1) is 13.2 Å². The fourth-order valence-electron chi connectivity index (χ4n) is 3.68. The van der Waals surface area contributed by atoms with Crippen LogP contribution in [0.15, 0.2) is 42.5 Å². The lowest BCUT2D eigenvalue weighted by atomic mass is 9.87. The average molecular weight is 387 g/mol. The van der Waals surface area contributed by atoms with Gasteiger partial charge in [-0.05, 0) is 24.1 Å². The number of halogens is 1. The molecule has 4 rings (SSSR count). The van der Waals surface area contributed by atoms with Crippen LogP contribution < -0.4 is 10.1 Å². The van der Waals surface area contributed by atoms with Crippen molar-refractivity contribution in [1.82, 2.24) is 10.2 Å². The van der Waals surface area contributed by atoms with E-state index in [4.69, 9.17) is 21.1 Å². The van der Waals surface area contributed by atoms with Crippen LogP contribution in [-0.4, -0.2) is 23.6 Å². The number of fused-ring (bicyclic) bond motifs is 1. The lowest BCUT2D eigenvalue weighted by molar-refractivity contribution is -0.132. The number of nitrogens with one attached hydrogen (secondary N) is 1. The van der Waals surface area contributed by atoms with Crippen molar-refractivity contribution in [1.29, 1.82) is 0 Å². The Morgan fingerprint density at radius 1 is 1.22 bits per heavy atom. The zero-order valence-electron chi connectivity index (χ0n) is 14.8. The van der Waals surface area contributed by atoms with E-state index in [0.717, 1.165) is 11.1 Å². The monoisotopic (exact) mass is 386 g/mol. The molecule has 0 saturated carbocycles. The van der Waals surface area contributed by atoms with Crippen molar-refractivity contribution in [3.05, 3.63) is 64.2 Å². The molecule has 2 aliphatic heterocycles. The number of benzene rings is 2. The van der Waals surface area contributed by atoms with Crippen LogP contribution in [-0.2, 0) is 28.2 Å². The summed E-state index contributed by atoms with van der Waals surface area (Å²) in [6, 6.07) is 12.4. The molecule has 1 atom stereocenters. The Labute approximate surface area is 162 Å². The van der Waals surface area contributed by atoms with E-state index in [1.165, 1.54) is 4.90 Å². The van der Waals surface area contributed by atoms with Crippen LogP contribution in [0.25, 0.3) is 0 Å². The fraction of sp³-hybridized carbons (Fsp3) is 0.300. The predicted octanol–water partition coefficient (Wildman–Crippen LogP) is 3.56. The van der Waals surface area contributed by atoms with E-state index in [0.29, 0.717) is 29.4 Å². The molecule has 1 fully saturated rings. The quantitative estimate of drug-likeness (QED) is 0.816. The van der Waals surface area contributed by atoms with Gasteiger partial charge in [0.25, 0.3) is 5.91 Å².